The van der Waals surface area contributed by atoms with Gasteiger partial charge < -0.3 is 0 Å². The van der Waals surface area contributed by atoms with Gasteiger partial charge in [0, 0.05) is 4.99 Å². The molecule has 0 aromatic carbocycles. The van der Waals surface area contributed by atoms with Gasteiger partial charge >= 0.3 is 0 Å². The normalized spacial score (nSPS) is 15.0. The van der Waals surface area contributed by atoms with Gasteiger partial charge in [-0.3, -0.25) is 0 Å². The lowest BCUT2D eigenvalue weighted by Gasteiger charge is -1.90. The minimum atomic E-state index is 0.718. The summed E-state index contributed by atoms with van der Waals surface area (Å²) in [5.74, 6) is 0. The van der Waals surface area contributed by atoms with Gasteiger partial charge in [0.05, 0.1) is 0 Å². The van der Waals surface area contributed by atoms with E-state index in [4.69, 9.17) is 0 Å². The van der Waals surface area contributed by atoms with Gasteiger partial charge in [0.1, 0.15) is 0 Å². The van der Waals surface area contributed by atoms with Crippen LogP contribution in [0.1, 0.15) is 6.92 Å². The van der Waals surface area contributed by atoms with E-state index < -0.39 is 0 Å². The van der Waals surface area contributed by atoms with E-state index in [9.17, 15) is 0 Å². The van der Waals surface area contributed by atoms with Crippen LogP contribution in [0.3, 0.4) is 0 Å². The molecule has 0 aromatic heterocycles. The molecule has 0 aliphatic carbocycles. The molecule has 0 fully saturated rings. The van der Waals surface area contributed by atoms with Crippen LogP contribution in [-0.2, 0) is 0 Å². The molecule has 0 N–H and O–H groups in total. The molecule has 0 bridgehead atoms. The Bertz CT molecular complexity index is 20.9. The number of hydrogen-bond acceptors (Lipinski definition) is 1. The molecule has 0 nitrogen and oxygen atoms in total. The molecule has 5 heavy (non-hydrogen) atoms. The predicted octanol–water partition coefficient (Wildman–Crippen LogP) is 1.57. The van der Waals surface area contributed by atoms with Crippen LogP contribution in [-0.4, -0.2) is 11.2 Å². The number of hydrogen-bond donors (Lipinski definition) is 0. The first-order valence-electron chi connectivity index (χ1n) is 1.55. The highest BCUT2D eigenvalue weighted by Gasteiger charge is 1.80. The second kappa shape index (κ2) is 2.99. The van der Waals surface area contributed by atoms with Crippen molar-refractivity contribution >= 4 is 21.0 Å². The van der Waals surface area contributed by atoms with E-state index in [2.05, 4.69) is 22.4 Å². The summed E-state index contributed by atoms with van der Waals surface area (Å²) in [6.45, 7) is 2.15. The van der Waals surface area contributed by atoms with Crippen molar-refractivity contribution in [2.45, 2.75) is 11.9 Å². The summed E-state index contributed by atoms with van der Waals surface area (Å²) < 4.78 is 0. The second-order valence-corrected chi connectivity index (χ2v) is 3.64. The summed E-state index contributed by atoms with van der Waals surface area (Å²) in [4.78, 5) is 0.718. The summed E-state index contributed by atoms with van der Waals surface area (Å²) in [6, 6.07) is 0. The molecule has 0 amide bonds. The zero-order valence-corrected chi connectivity index (χ0v) is 5.53. The first-order chi connectivity index (χ1) is 2.27. The molecule has 0 saturated heterocycles. The van der Waals surface area contributed by atoms with E-state index in [-0.39, 0.29) is 0 Å². The fourth-order valence-electron chi connectivity index (χ4n) is 0. The minimum Gasteiger partial charge on any atom is -0.158 e. The molecule has 0 rings (SSSR count). The van der Waals surface area contributed by atoms with Crippen molar-refractivity contribution < 1.29 is 0 Å². The molecular weight excluding hydrogens is 99.1 g/mol. The molecular formula is C3H9PS. The van der Waals surface area contributed by atoms with Crippen LogP contribution in [0.15, 0.2) is 0 Å². The van der Waals surface area contributed by atoms with Gasteiger partial charge in [-0.25, -0.2) is 0 Å². The van der Waals surface area contributed by atoms with E-state index in [0.29, 0.717) is 0 Å². The number of rotatable bonds is 1. The molecule has 0 aromatic rings. The Kier molecular flexibility index (Phi) is 3.46. The van der Waals surface area contributed by atoms with Crippen molar-refractivity contribution in [1.82, 2.24) is 0 Å². The lowest BCUT2D eigenvalue weighted by Crippen LogP contribution is -1.72. The maximum atomic E-state index is 2.70. The standard InChI is InChI=1S/C3H9PS/c1-3(4)5-2/h3H,4H2,1-2H3. The van der Waals surface area contributed by atoms with E-state index in [1.54, 1.807) is 0 Å². The lowest BCUT2D eigenvalue weighted by atomic mass is 11.0. The third kappa shape index (κ3) is 4.78. The highest BCUT2D eigenvalue weighted by Crippen LogP contribution is 2.10. The lowest BCUT2D eigenvalue weighted by molar-refractivity contribution is 1.43. The highest BCUT2D eigenvalue weighted by atomic mass is 32.2. The van der Waals surface area contributed by atoms with Crippen LogP contribution in [0.4, 0.5) is 0 Å². The van der Waals surface area contributed by atoms with Crippen molar-refractivity contribution in [3.63, 3.8) is 0 Å². The van der Waals surface area contributed by atoms with Crippen molar-refractivity contribution in [3.05, 3.63) is 0 Å². The number of thioether (sulfide) groups is 1. The first kappa shape index (κ1) is 5.78. The SMILES string of the molecule is CSC(C)P. The van der Waals surface area contributed by atoms with Crippen molar-refractivity contribution in [1.29, 1.82) is 0 Å². The van der Waals surface area contributed by atoms with E-state index in [0.717, 1.165) is 4.99 Å². The smallest absolute Gasteiger partial charge is 0.0159 e. The minimum absolute atomic E-state index is 0.718. The van der Waals surface area contributed by atoms with Gasteiger partial charge in [0.25, 0.3) is 0 Å². The highest BCUT2D eigenvalue weighted by molar-refractivity contribution is 8.02. The molecule has 0 aliphatic heterocycles. The van der Waals surface area contributed by atoms with Crippen LogP contribution in [0.5, 0.6) is 0 Å². The Morgan fingerprint density at radius 3 is 2.00 bits per heavy atom. The van der Waals surface area contributed by atoms with E-state index >= 15 is 0 Å². The third-order valence-corrected chi connectivity index (χ3v) is 1.93. The van der Waals surface area contributed by atoms with E-state index in [1.807, 2.05) is 11.8 Å². The van der Waals surface area contributed by atoms with E-state index in [1.165, 1.54) is 0 Å². The Hall–Kier alpha value is 0.780. The Balaban J connectivity index is 2.54. The Morgan fingerprint density at radius 2 is 2.00 bits per heavy atom. The zero-order chi connectivity index (χ0) is 4.28. The first-order valence-corrected chi connectivity index (χ1v) is 3.51. The molecule has 0 radical (unpaired) electrons. The predicted molar refractivity (Wildman–Crippen MR) is 32.7 cm³/mol. The monoisotopic (exact) mass is 108 g/mol. The summed E-state index contributed by atoms with van der Waals surface area (Å²) in [5.41, 5.74) is 0. The molecule has 2 unspecified atom stereocenters. The van der Waals surface area contributed by atoms with Gasteiger partial charge in [-0.1, -0.05) is 0 Å². The van der Waals surface area contributed by atoms with Gasteiger partial charge in [0.2, 0.25) is 0 Å². The van der Waals surface area contributed by atoms with Crippen LogP contribution in [0.25, 0.3) is 0 Å². The largest absolute Gasteiger partial charge is 0.158 e. The molecule has 0 heterocycles. The second-order valence-electron chi connectivity index (χ2n) is 0.941. The Labute approximate surface area is 39.9 Å². The van der Waals surface area contributed by atoms with Crippen LogP contribution >= 0.6 is 21.0 Å². The maximum absolute atomic E-state index is 2.70. The van der Waals surface area contributed by atoms with Crippen LogP contribution in [0.2, 0.25) is 0 Å². The topological polar surface area (TPSA) is 0 Å². The zero-order valence-electron chi connectivity index (χ0n) is 3.56. The van der Waals surface area contributed by atoms with Crippen molar-refractivity contribution in [2.24, 2.45) is 0 Å². The van der Waals surface area contributed by atoms with Crippen molar-refractivity contribution in [3.8, 4) is 0 Å². The van der Waals surface area contributed by atoms with Gasteiger partial charge in [-0.2, -0.15) is 11.8 Å². The molecule has 2 heteroatoms. The average Bonchev–Trinajstić information content (AvgIpc) is 1.38. The summed E-state index contributed by atoms with van der Waals surface area (Å²) in [7, 11) is 2.70. The van der Waals surface area contributed by atoms with Gasteiger partial charge in [-0.05, 0) is 13.2 Å². The summed E-state index contributed by atoms with van der Waals surface area (Å²) >= 11 is 1.84. The molecule has 0 spiro atoms. The fourth-order valence-corrected chi connectivity index (χ4v) is 0. The Morgan fingerprint density at radius 1 is 1.80 bits per heavy atom. The quantitative estimate of drug-likeness (QED) is 0.459. The van der Waals surface area contributed by atoms with Crippen molar-refractivity contribution in [2.75, 3.05) is 6.26 Å². The van der Waals surface area contributed by atoms with Crippen LogP contribution < -0.4 is 0 Å². The fraction of sp³-hybridized carbons (Fsp3) is 1.00. The maximum Gasteiger partial charge on any atom is 0.0159 e. The van der Waals surface area contributed by atoms with Gasteiger partial charge in [0.15, 0.2) is 0 Å². The molecule has 2 atom stereocenters. The summed E-state index contributed by atoms with van der Waals surface area (Å²) in [5, 5.41) is 0. The van der Waals surface area contributed by atoms with Crippen LogP contribution in [0, 0.1) is 0 Å². The average molecular weight is 108 g/mol. The molecule has 32 valence electrons. The van der Waals surface area contributed by atoms with Gasteiger partial charge in [-0.15, -0.1) is 9.24 Å². The molecule has 0 saturated carbocycles. The molecule has 0 aliphatic rings. The summed E-state index contributed by atoms with van der Waals surface area (Å²) in [6.07, 6.45) is 2.09. The third-order valence-electron chi connectivity index (χ3n) is 0.372.